The summed E-state index contributed by atoms with van der Waals surface area (Å²) in [5.74, 6) is 0.460. The van der Waals surface area contributed by atoms with Crippen molar-refractivity contribution in [1.82, 2.24) is 10.2 Å². The van der Waals surface area contributed by atoms with E-state index in [9.17, 15) is 9.59 Å². The molecule has 0 aromatic heterocycles. The molecule has 0 saturated heterocycles. The number of benzene rings is 2. The molecule has 0 aliphatic rings. The summed E-state index contributed by atoms with van der Waals surface area (Å²) in [6, 6.07) is 12.1. The van der Waals surface area contributed by atoms with Crippen LogP contribution in [0.25, 0.3) is 0 Å². The standard InChI is InChI=1S/C23H27Cl3N2O2S/c1-4-15(2)27-23(30)16(3)28(12-17-7-5-6-8-20(17)25)22(29)14-31-13-18-9-10-19(24)11-21(18)26/h5-11,15-16H,4,12-14H2,1-3H3,(H,27,30). The van der Waals surface area contributed by atoms with Gasteiger partial charge in [-0.25, -0.2) is 0 Å². The molecule has 1 N–H and O–H groups in total. The van der Waals surface area contributed by atoms with E-state index in [0.717, 1.165) is 17.5 Å². The largest absolute Gasteiger partial charge is 0.352 e. The van der Waals surface area contributed by atoms with Crippen molar-refractivity contribution in [2.45, 2.75) is 51.6 Å². The number of carbonyl (C=O) groups excluding carboxylic acids is 2. The molecule has 2 aromatic carbocycles. The van der Waals surface area contributed by atoms with E-state index in [-0.39, 0.29) is 30.2 Å². The zero-order valence-corrected chi connectivity index (χ0v) is 20.9. The van der Waals surface area contributed by atoms with Crippen LogP contribution in [0, 0.1) is 0 Å². The van der Waals surface area contributed by atoms with Crippen molar-refractivity contribution in [2.24, 2.45) is 0 Å². The summed E-state index contributed by atoms with van der Waals surface area (Å²) in [7, 11) is 0. The molecule has 0 aliphatic carbocycles. The first-order valence-corrected chi connectivity index (χ1v) is 12.4. The van der Waals surface area contributed by atoms with Crippen LogP contribution in [0.1, 0.15) is 38.3 Å². The number of amides is 2. The number of hydrogen-bond donors (Lipinski definition) is 1. The zero-order chi connectivity index (χ0) is 23.0. The minimum atomic E-state index is -0.627. The van der Waals surface area contributed by atoms with Gasteiger partial charge >= 0.3 is 0 Å². The maximum atomic E-state index is 13.1. The Morgan fingerprint density at radius 2 is 1.74 bits per heavy atom. The Kier molecular flexibility index (Phi) is 10.5. The minimum Gasteiger partial charge on any atom is -0.352 e. The molecule has 2 unspecified atom stereocenters. The van der Waals surface area contributed by atoms with Gasteiger partial charge in [0.25, 0.3) is 0 Å². The average molecular weight is 502 g/mol. The number of nitrogens with zero attached hydrogens (tertiary/aromatic N) is 1. The number of rotatable bonds is 10. The lowest BCUT2D eigenvalue weighted by atomic mass is 10.1. The van der Waals surface area contributed by atoms with Crippen LogP contribution < -0.4 is 5.32 Å². The summed E-state index contributed by atoms with van der Waals surface area (Å²) in [6.45, 7) is 5.94. The number of halogens is 3. The van der Waals surface area contributed by atoms with Crippen molar-refractivity contribution in [3.63, 3.8) is 0 Å². The van der Waals surface area contributed by atoms with Crippen LogP contribution in [0.5, 0.6) is 0 Å². The molecule has 0 aliphatic heterocycles. The number of hydrogen-bond acceptors (Lipinski definition) is 3. The molecular formula is C23H27Cl3N2O2S. The van der Waals surface area contributed by atoms with Gasteiger partial charge in [0.05, 0.1) is 5.75 Å². The van der Waals surface area contributed by atoms with Crippen molar-refractivity contribution < 1.29 is 9.59 Å². The van der Waals surface area contributed by atoms with E-state index < -0.39 is 6.04 Å². The topological polar surface area (TPSA) is 49.4 Å². The lowest BCUT2D eigenvalue weighted by molar-refractivity contribution is -0.138. The molecule has 31 heavy (non-hydrogen) atoms. The van der Waals surface area contributed by atoms with Gasteiger partial charge in [-0.05, 0) is 49.6 Å². The van der Waals surface area contributed by atoms with Crippen molar-refractivity contribution in [1.29, 1.82) is 0 Å². The SMILES string of the molecule is CCC(C)NC(=O)C(C)N(Cc1ccccc1Cl)C(=O)CSCc1ccc(Cl)cc1Cl. The fourth-order valence-corrected chi connectivity index (χ4v) is 4.49. The van der Waals surface area contributed by atoms with Gasteiger partial charge in [0.2, 0.25) is 11.8 Å². The fraction of sp³-hybridized carbons (Fsp3) is 0.391. The Balaban J connectivity index is 2.11. The molecule has 168 valence electrons. The van der Waals surface area contributed by atoms with Crippen LogP contribution in [-0.4, -0.2) is 34.6 Å². The Morgan fingerprint density at radius 1 is 1.03 bits per heavy atom. The highest BCUT2D eigenvalue weighted by Crippen LogP contribution is 2.25. The molecule has 2 amide bonds. The van der Waals surface area contributed by atoms with Gasteiger partial charge in [-0.2, -0.15) is 0 Å². The summed E-state index contributed by atoms with van der Waals surface area (Å²) in [4.78, 5) is 27.4. The zero-order valence-electron chi connectivity index (χ0n) is 17.8. The Morgan fingerprint density at radius 3 is 2.39 bits per heavy atom. The van der Waals surface area contributed by atoms with Crippen LogP contribution in [0.4, 0.5) is 0 Å². The molecule has 2 atom stereocenters. The van der Waals surface area contributed by atoms with Gasteiger partial charge in [-0.15, -0.1) is 11.8 Å². The summed E-state index contributed by atoms with van der Waals surface area (Å²) < 4.78 is 0. The van der Waals surface area contributed by atoms with Gasteiger partial charge in [-0.3, -0.25) is 9.59 Å². The third kappa shape index (κ3) is 7.90. The maximum Gasteiger partial charge on any atom is 0.242 e. The van der Waals surface area contributed by atoms with E-state index in [2.05, 4.69) is 5.32 Å². The van der Waals surface area contributed by atoms with E-state index in [1.54, 1.807) is 30.0 Å². The molecule has 0 saturated carbocycles. The summed E-state index contributed by atoms with van der Waals surface area (Å²) in [5.41, 5.74) is 1.70. The van der Waals surface area contributed by atoms with E-state index in [1.807, 2.05) is 38.1 Å². The summed E-state index contributed by atoms with van der Waals surface area (Å²) >= 11 is 19.9. The molecule has 4 nitrogen and oxygen atoms in total. The second kappa shape index (κ2) is 12.6. The van der Waals surface area contributed by atoms with Crippen molar-refractivity contribution in [3.8, 4) is 0 Å². The molecule has 8 heteroatoms. The van der Waals surface area contributed by atoms with E-state index in [1.165, 1.54) is 11.8 Å². The second-order valence-electron chi connectivity index (χ2n) is 7.34. The lowest BCUT2D eigenvalue weighted by Crippen LogP contribution is -2.50. The first-order valence-electron chi connectivity index (χ1n) is 10.1. The third-order valence-corrected chi connectivity index (χ3v) is 6.89. The Bertz CT molecular complexity index is 910. The lowest BCUT2D eigenvalue weighted by Gasteiger charge is -2.30. The molecule has 0 radical (unpaired) electrons. The maximum absolute atomic E-state index is 13.1. The molecule has 0 spiro atoms. The van der Waals surface area contributed by atoms with E-state index in [0.29, 0.717) is 20.8 Å². The molecule has 0 fully saturated rings. The highest BCUT2D eigenvalue weighted by Gasteiger charge is 2.27. The molecule has 2 aromatic rings. The quantitative estimate of drug-likeness (QED) is 0.421. The number of nitrogens with one attached hydrogen (secondary N) is 1. The van der Waals surface area contributed by atoms with E-state index in [4.69, 9.17) is 34.8 Å². The van der Waals surface area contributed by atoms with Crippen LogP contribution in [0.15, 0.2) is 42.5 Å². The second-order valence-corrected chi connectivity index (χ2v) is 9.57. The Hall–Kier alpha value is -1.40. The molecule has 0 bridgehead atoms. The predicted molar refractivity (Wildman–Crippen MR) is 132 cm³/mol. The normalized spacial score (nSPS) is 12.8. The third-order valence-electron chi connectivity index (χ3n) is 4.97. The predicted octanol–water partition coefficient (Wildman–Crippen LogP) is 6.21. The fourth-order valence-electron chi connectivity index (χ4n) is 2.83. The molecule has 0 heterocycles. The highest BCUT2D eigenvalue weighted by molar-refractivity contribution is 7.99. The van der Waals surface area contributed by atoms with Crippen molar-refractivity contribution in [3.05, 3.63) is 68.7 Å². The van der Waals surface area contributed by atoms with Gasteiger partial charge < -0.3 is 10.2 Å². The molecular weight excluding hydrogens is 475 g/mol. The Labute approximate surface area is 203 Å². The van der Waals surface area contributed by atoms with Crippen LogP contribution in [0.3, 0.4) is 0 Å². The van der Waals surface area contributed by atoms with Crippen LogP contribution in [0.2, 0.25) is 15.1 Å². The van der Waals surface area contributed by atoms with Gasteiger partial charge in [-0.1, -0.05) is 66.0 Å². The average Bonchev–Trinajstić information content (AvgIpc) is 2.73. The first-order chi connectivity index (χ1) is 14.7. The van der Waals surface area contributed by atoms with Gasteiger partial charge in [0, 0.05) is 33.4 Å². The summed E-state index contributed by atoms with van der Waals surface area (Å²) in [6.07, 6.45) is 0.814. The van der Waals surface area contributed by atoms with E-state index >= 15 is 0 Å². The van der Waals surface area contributed by atoms with Crippen LogP contribution >= 0.6 is 46.6 Å². The number of thioether (sulfide) groups is 1. The van der Waals surface area contributed by atoms with Crippen molar-refractivity contribution >= 4 is 58.4 Å². The number of carbonyl (C=O) groups is 2. The molecule has 2 rings (SSSR count). The van der Waals surface area contributed by atoms with Crippen LogP contribution in [-0.2, 0) is 21.9 Å². The monoisotopic (exact) mass is 500 g/mol. The van der Waals surface area contributed by atoms with Gasteiger partial charge in [0.15, 0.2) is 0 Å². The van der Waals surface area contributed by atoms with Gasteiger partial charge in [0.1, 0.15) is 6.04 Å². The smallest absolute Gasteiger partial charge is 0.242 e. The highest BCUT2D eigenvalue weighted by atomic mass is 35.5. The first kappa shape index (κ1) is 25.9. The minimum absolute atomic E-state index is 0.0358. The summed E-state index contributed by atoms with van der Waals surface area (Å²) in [5, 5.41) is 4.66. The van der Waals surface area contributed by atoms with Crippen molar-refractivity contribution in [2.75, 3.05) is 5.75 Å².